The summed E-state index contributed by atoms with van der Waals surface area (Å²) in [6, 6.07) is 0. The summed E-state index contributed by atoms with van der Waals surface area (Å²) in [5.74, 6) is 1.45. The molecule has 3 aliphatic carbocycles. The Hall–Kier alpha value is -0.370. The zero-order chi connectivity index (χ0) is 12.1. The highest BCUT2D eigenvalue weighted by Crippen LogP contribution is 2.60. The first-order valence-corrected chi connectivity index (χ1v) is 7.19. The smallest absolute Gasteiger partial charge is 0.114 e. The number of alkyl halides is 1. The van der Waals surface area contributed by atoms with Crippen LogP contribution in [-0.2, 0) is 0 Å². The second kappa shape index (κ2) is 3.81. The van der Waals surface area contributed by atoms with Crippen LogP contribution in [0.4, 0.5) is 4.39 Å². The van der Waals surface area contributed by atoms with Crippen LogP contribution < -0.4 is 5.73 Å². The number of fused-ring (bicyclic) bond motifs is 1. The van der Waals surface area contributed by atoms with Gasteiger partial charge >= 0.3 is 0 Å². The largest absolute Gasteiger partial charge is 0.330 e. The van der Waals surface area contributed by atoms with Gasteiger partial charge in [0.1, 0.15) is 5.67 Å². The van der Waals surface area contributed by atoms with Crippen molar-refractivity contribution in [2.75, 3.05) is 6.54 Å². The average Bonchev–Trinajstić information content (AvgIpc) is 2.58. The van der Waals surface area contributed by atoms with Crippen molar-refractivity contribution >= 4 is 0 Å². The van der Waals surface area contributed by atoms with Gasteiger partial charge in [-0.15, -0.1) is 0 Å². The second-order valence-electron chi connectivity index (χ2n) is 6.62. The Morgan fingerprint density at radius 3 is 2.76 bits per heavy atom. The molecule has 2 fully saturated rings. The Bertz CT molecular complexity index is 339. The molecule has 0 saturated heterocycles. The maximum absolute atomic E-state index is 14.1. The summed E-state index contributed by atoms with van der Waals surface area (Å²) in [4.78, 5) is 0. The van der Waals surface area contributed by atoms with Gasteiger partial charge in [0.2, 0.25) is 0 Å². The minimum Gasteiger partial charge on any atom is -0.330 e. The first-order valence-electron chi connectivity index (χ1n) is 7.19. The summed E-state index contributed by atoms with van der Waals surface area (Å²) in [6.07, 6.45) is 9.36. The van der Waals surface area contributed by atoms with Crippen LogP contribution in [-0.4, -0.2) is 12.2 Å². The van der Waals surface area contributed by atoms with E-state index in [1.165, 1.54) is 18.4 Å². The van der Waals surface area contributed by atoms with Gasteiger partial charge in [-0.1, -0.05) is 18.6 Å². The van der Waals surface area contributed by atoms with Crippen molar-refractivity contribution < 1.29 is 4.39 Å². The van der Waals surface area contributed by atoms with Gasteiger partial charge in [0, 0.05) is 6.42 Å². The molecule has 96 valence electrons. The highest BCUT2D eigenvalue weighted by Gasteiger charge is 2.53. The first kappa shape index (κ1) is 11.7. The summed E-state index contributed by atoms with van der Waals surface area (Å²) in [7, 11) is 0. The lowest BCUT2D eigenvalue weighted by molar-refractivity contribution is 0.00446. The van der Waals surface area contributed by atoms with Crippen LogP contribution in [0.15, 0.2) is 11.6 Å². The molecule has 3 aliphatic rings. The fourth-order valence-electron chi connectivity index (χ4n) is 4.31. The minimum absolute atomic E-state index is 0.357. The van der Waals surface area contributed by atoms with E-state index in [9.17, 15) is 4.39 Å². The number of rotatable bonds is 4. The molecule has 2 N–H and O–H groups in total. The lowest BCUT2D eigenvalue weighted by Gasteiger charge is -2.51. The van der Waals surface area contributed by atoms with E-state index in [2.05, 4.69) is 13.0 Å². The SMILES string of the molecule is CC[C@]1(CN)C[C@@H]2CC(CC3(F)CCC3)=C[C@@H]21. The zero-order valence-corrected chi connectivity index (χ0v) is 10.8. The second-order valence-corrected chi connectivity index (χ2v) is 6.62. The van der Waals surface area contributed by atoms with Crippen molar-refractivity contribution in [3.8, 4) is 0 Å². The monoisotopic (exact) mass is 237 g/mol. The number of allylic oxidation sites excluding steroid dienone is 2. The summed E-state index contributed by atoms with van der Waals surface area (Å²) < 4.78 is 14.1. The van der Waals surface area contributed by atoms with Crippen LogP contribution in [0.2, 0.25) is 0 Å². The Morgan fingerprint density at radius 1 is 1.47 bits per heavy atom. The van der Waals surface area contributed by atoms with Crippen LogP contribution >= 0.6 is 0 Å². The molecule has 0 unspecified atom stereocenters. The molecule has 2 saturated carbocycles. The third-order valence-corrected chi connectivity index (χ3v) is 5.73. The zero-order valence-electron chi connectivity index (χ0n) is 10.8. The molecule has 3 rings (SSSR count). The standard InChI is InChI=1S/C15H24FN/c1-2-14(10-17)9-12-6-11(7-13(12)14)8-15(16)4-3-5-15/h7,12-13H,2-6,8-10,17H2,1H3/t12-,13-,14+/m0/s1. The van der Waals surface area contributed by atoms with Gasteiger partial charge in [-0.25, -0.2) is 4.39 Å². The van der Waals surface area contributed by atoms with Crippen molar-refractivity contribution in [3.05, 3.63) is 11.6 Å². The number of halogens is 1. The number of nitrogens with two attached hydrogens (primary N) is 1. The highest BCUT2D eigenvalue weighted by molar-refractivity contribution is 5.25. The third kappa shape index (κ3) is 1.68. The summed E-state index contributed by atoms with van der Waals surface area (Å²) in [5.41, 5.74) is 6.85. The summed E-state index contributed by atoms with van der Waals surface area (Å²) in [6.45, 7) is 3.05. The van der Waals surface area contributed by atoms with E-state index >= 15 is 0 Å². The molecule has 2 heteroatoms. The van der Waals surface area contributed by atoms with Crippen molar-refractivity contribution in [3.63, 3.8) is 0 Å². The third-order valence-electron chi connectivity index (χ3n) is 5.73. The van der Waals surface area contributed by atoms with Crippen LogP contribution in [0.3, 0.4) is 0 Å². The lowest BCUT2D eigenvalue weighted by atomic mass is 9.54. The van der Waals surface area contributed by atoms with Gasteiger partial charge < -0.3 is 5.73 Å². The van der Waals surface area contributed by atoms with Gasteiger partial charge in [-0.2, -0.15) is 0 Å². The molecule has 0 aromatic rings. The van der Waals surface area contributed by atoms with Crippen LogP contribution in [0, 0.1) is 17.3 Å². The molecule has 17 heavy (non-hydrogen) atoms. The highest BCUT2D eigenvalue weighted by atomic mass is 19.1. The van der Waals surface area contributed by atoms with E-state index in [1.807, 2.05) is 0 Å². The molecule has 0 aromatic carbocycles. The van der Waals surface area contributed by atoms with Crippen LogP contribution in [0.1, 0.15) is 51.9 Å². The Morgan fingerprint density at radius 2 is 2.24 bits per heavy atom. The van der Waals surface area contributed by atoms with E-state index in [4.69, 9.17) is 5.73 Å². The first-order chi connectivity index (χ1) is 8.11. The van der Waals surface area contributed by atoms with E-state index in [0.717, 1.165) is 38.1 Å². The normalized spacial score (nSPS) is 42.4. The van der Waals surface area contributed by atoms with Crippen molar-refractivity contribution in [1.29, 1.82) is 0 Å². The van der Waals surface area contributed by atoms with Crippen molar-refractivity contribution in [1.82, 2.24) is 0 Å². The van der Waals surface area contributed by atoms with Gasteiger partial charge in [0.15, 0.2) is 0 Å². The lowest BCUT2D eigenvalue weighted by Crippen LogP contribution is -2.49. The molecule has 3 atom stereocenters. The maximum atomic E-state index is 14.1. The maximum Gasteiger partial charge on any atom is 0.114 e. The van der Waals surface area contributed by atoms with Crippen LogP contribution in [0.25, 0.3) is 0 Å². The molecule has 0 aromatic heterocycles. The van der Waals surface area contributed by atoms with Gasteiger partial charge in [0.05, 0.1) is 0 Å². The fourth-order valence-corrected chi connectivity index (χ4v) is 4.31. The van der Waals surface area contributed by atoms with Crippen LogP contribution in [0.5, 0.6) is 0 Å². The minimum atomic E-state index is -0.840. The molecule has 0 radical (unpaired) electrons. The molecular weight excluding hydrogens is 213 g/mol. The van der Waals surface area contributed by atoms with Gasteiger partial charge in [0.25, 0.3) is 0 Å². The van der Waals surface area contributed by atoms with Gasteiger partial charge in [-0.05, 0) is 62.3 Å². The van der Waals surface area contributed by atoms with Crippen molar-refractivity contribution in [2.24, 2.45) is 23.0 Å². The molecule has 1 nitrogen and oxygen atoms in total. The molecule has 0 aliphatic heterocycles. The molecule has 0 bridgehead atoms. The van der Waals surface area contributed by atoms with Crippen molar-refractivity contribution in [2.45, 2.75) is 57.5 Å². The van der Waals surface area contributed by atoms with Gasteiger partial charge in [-0.3, -0.25) is 0 Å². The van der Waals surface area contributed by atoms with E-state index in [1.54, 1.807) is 0 Å². The summed E-state index contributed by atoms with van der Waals surface area (Å²) >= 11 is 0. The molecule has 0 spiro atoms. The predicted octanol–water partition coefficient (Wildman–Crippen LogP) is 3.59. The molecule has 0 heterocycles. The van der Waals surface area contributed by atoms with E-state index < -0.39 is 5.67 Å². The Labute approximate surface area is 104 Å². The Balaban J connectivity index is 1.68. The predicted molar refractivity (Wildman–Crippen MR) is 68.4 cm³/mol. The summed E-state index contributed by atoms with van der Waals surface area (Å²) in [5, 5.41) is 0. The van der Waals surface area contributed by atoms with E-state index in [-0.39, 0.29) is 0 Å². The molecule has 0 amide bonds. The average molecular weight is 237 g/mol. The van der Waals surface area contributed by atoms with E-state index in [0.29, 0.717) is 17.8 Å². The Kier molecular flexibility index (Phi) is 2.62. The number of hydrogen-bond donors (Lipinski definition) is 1. The molecular formula is C15H24FN. The quantitative estimate of drug-likeness (QED) is 0.743. The fraction of sp³-hybridized carbons (Fsp3) is 0.867. The number of hydrogen-bond acceptors (Lipinski definition) is 1. The topological polar surface area (TPSA) is 26.0 Å².